The average molecular weight is 804 g/mol. The molecule has 0 aromatic heterocycles. The van der Waals surface area contributed by atoms with Crippen molar-refractivity contribution in [2.24, 2.45) is 0 Å². The third kappa shape index (κ3) is 6.52. The number of imide groups is 2. The number of benzene rings is 5. The number of carbonyl (C=O) groups is 3. The van der Waals surface area contributed by atoms with Crippen molar-refractivity contribution >= 4 is 67.2 Å². The summed E-state index contributed by atoms with van der Waals surface area (Å²) in [6.45, 7) is 2.23. The van der Waals surface area contributed by atoms with Gasteiger partial charge in [-0.3, -0.25) is 14.9 Å². The number of amides is 4. The van der Waals surface area contributed by atoms with Crippen molar-refractivity contribution in [3.05, 3.63) is 163 Å². The van der Waals surface area contributed by atoms with E-state index in [1.165, 1.54) is 22.9 Å². The quantitative estimate of drug-likeness (QED) is 0.131. The first-order valence-corrected chi connectivity index (χ1v) is 18.5. The van der Waals surface area contributed by atoms with Crippen LogP contribution in [0.1, 0.15) is 58.1 Å². The highest BCUT2D eigenvalue weighted by atomic mass is 79.9. The van der Waals surface area contributed by atoms with Crippen LogP contribution in [0.2, 0.25) is 0 Å². The topological polar surface area (TPSA) is 79.0 Å². The molecule has 1 saturated heterocycles. The number of urea groups is 1. The molecule has 0 saturated carbocycles. The van der Waals surface area contributed by atoms with Crippen molar-refractivity contribution in [2.75, 3.05) is 22.9 Å². The minimum atomic E-state index is -0.761. The summed E-state index contributed by atoms with van der Waals surface area (Å²) in [7, 11) is 0. The molecular formula is C42H33Br2N3O4. The minimum Gasteiger partial charge on any atom is -0.488 e. The molecule has 254 valence electrons. The summed E-state index contributed by atoms with van der Waals surface area (Å²) < 4.78 is 7.68. The van der Waals surface area contributed by atoms with E-state index in [9.17, 15) is 14.4 Å². The van der Waals surface area contributed by atoms with Crippen LogP contribution in [0.25, 0.3) is 6.08 Å². The van der Waals surface area contributed by atoms with Gasteiger partial charge in [0.05, 0.1) is 10.2 Å². The molecular weight excluding hydrogens is 770 g/mol. The molecule has 5 aromatic rings. The van der Waals surface area contributed by atoms with Crippen LogP contribution in [0.5, 0.6) is 5.75 Å². The summed E-state index contributed by atoms with van der Waals surface area (Å²) in [5.74, 6) is -0.602. The first-order valence-electron chi connectivity index (χ1n) is 16.9. The predicted octanol–water partition coefficient (Wildman–Crippen LogP) is 9.33. The Bertz CT molecular complexity index is 2120. The molecule has 3 aliphatic rings. The third-order valence-electron chi connectivity index (χ3n) is 9.93. The zero-order chi connectivity index (χ0) is 35.1. The number of carbonyl (C=O) groups excluding carboxylic acids is 3. The fraction of sp³-hybridized carbons (Fsp3) is 0.167. The number of hydrogen-bond donors (Lipinski definition) is 1. The Balaban J connectivity index is 1.16. The van der Waals surface area contributed by atoms with Gasteiger partial charge in [-0.1, -0.05) is 94.8 Å². The van der Waals surface area contributed by atoms with E-state index in [2.05, 4.69) is 90.6 Å². The van der Waals surface area contributed by atoms with E-state index in [0.717, 1.165) is 52.0 Å². The maximum Gasteiger partial charge on any atom is 0.335 e. The molecule has 1 N–H and O–H groups in total. The Kier molecular flexibility index (Phi) is 9.08. The van der Waals surface area contributed by atoms with Crippen molar-refractivity contribution in [2.45, 2.75) is 31.3 Å². The van der Waals surface area contributed by atoms with Gasteiger partial charge in [0.25, 0.3) is 11.8 Å². The summed E-state index contributed by atoms with van der Waals surface area (Å²) >= 11 is 7.03. The molecule has 4 amide bonds. The second kappa shape index (κ2) is 14.0. The Labute approximate surface area is 313 Å². The number of nitrogens with one attached hydrogen (secondary N) is 1. The van der Waals surface area contributed by atoms with Crippen molar-refractivity contribution in [3.8, 4) is 5.75 Å². The molecule has 5 aromatic carbocycles. The van der Waals surface area contributed by atoms with Crippen LogP contribution in [0, 0.1) is 0 Å². The minimum absolute atomic E-state index is 0.0899. The van der Waals surface area contributed by atoms with Crippen LogP contribution >= 0.6 is 31.9 Å². The van der Waals surface area contributed by atoms with Gasteiger partial charge in [-0.25, -0.2) is 9.69 Å². The number of nitrogens with zero attached hydrogens (tertiary/aromatic N) is 2. The molecule has 1 fully saturated rings. The maximum absolute atomic E-state index is 14.3. The highest BCUT2D eigenvalue weighted by molar-refractivity contribution is 9.10. The summed E-state index contributed by atoms with van der Waals surface area (Å²) in [6.07, 6.45) is 3.35. The van der Waals surface area contributed by atoms with Gasteiger partial charge < -0.3 is 9.64 Å². The third-order valence-corrected chi connectivity index (χ3v) is 11.1. The number of hydrogen-bond acceptors (Lipinski definition) is 5. The van der Waals surface area contributed by atoms with Crippen LogP contribution < -0.4 is 19.9 Å². The number of anilines is 2. The lowest BCUT2D eigenvalue weighted by atomic mass is 9.76. The standard InChI is InChI=1S/C42H33Br2N3O4/c43-30-14-11-26(12-15-30)25-51-38-16-13-27(22-37(38)44)21-36-40(48)45-42(50)47(41(36)49)31-23-34-32(28-7-3-1-4-8-28)17-19-46-20-18-33(35(24-31)39(34)46)29-9-5-2-6-10-29/h1-16,21-24,32-33H,17-20,25H2,(H,45,48,50)/b36-21+/t32-,33+. The van der Waals surface area contributed by atoms with Crippen LogP contribution in [0.3, 0.4) is 0 Å². The van der Waals surface area contributed by atoms with E-state index < -0.39 is 17.8 Å². The van der Waals surface area contributed by atoms with Gasteiger partial charge in [-0.2, -0.15) is 0 Å². The van der Waals surface area contributed by atoms with E-state index in [0.29, 0.717) is 28.1 Å². The largest absolute Gasteiger partial charge is 0.488 e. The highest BCUT2D eigenvalue weighted by Gasteiger charge is 2.40. The van der Waals surface area contributed by atoms with Gasteiger partial charge in [-0.15, -0.1) is 0 Å². The predicted molar refractivity (Wildman–Crippen MR) is 206 cm³/mol. The Morgan fingerprint density at radius 3 is 1.94 bits per heavy atom. The van der Waals surface area contributed by atoms with Crippen LogP contribution in [0.15, 0.2) is 130 Å². The summed E-state index contributed by atoms with van der Waals surface area (Å²) in [5, 5.41) is 2.43. The Morgan fingerprint density at radius 2 is 1.35 bits per heavy atom. The zero-order valence-electron chi connectivity index (χ0n) is 27.5. The molecule has 9 heteroatoms. The maximum atomic E-state index is 14.3. The van der Waals surface area contributed by atoms with Gasteiger partial charge in [0.2, 0.25) is 0 Å². The lowest BCUT2D eigenvalue weighted by Crippen LogP contribution is -2.54. The molecule has 0 radical (unpaired) electrons. The molecule has 3 heterocycles. The van der Waals surface area contributed by atoms with E-state index in [-0.39, 0.29) is 17.4 Å². The van der Waals surface area contributed by atoms with E-state index in [1.807, 2.05) is 48.5 Å². The second-order valence-electron chi connectivity index (χ2n) is 13.0. The van der Waals surface area contributed by atoms with E-state index in [1.54, 1.807) is 18.2 Å². The average Bonchev–Trinajstić information content (AvgIpc) is 3.14. The van der Waals surface area contributed by atoms with E-state index in [4.69, 9.17) is 4.74 Å². The lowest BCUT2D eigenvalue weighted by Gasteiger charge is -2.44. The molecule has 8 rings (SSSR count). The monoisotopic (exact) mass is 801 g/mol. The Hall–Kier alpha value is -4.99. The highest BCUT2D eigenvalue weighted by Crippen LogP contribution is 2.50. The lowest BCUT2D eigenvalue weighted by molar-refractivity contribution is -0.122. The SMILES string of the molecule is O=C1NC(=O)N(c2cc3c4c(c2)[C@H](c2ccccc2)CCN4CC[C@@H]3c2ccccc2)C(=O)/C1=C/c1ccc(OCc2ccc(Br)cc2)c(Br)c1. The zero-order valence-corrected chi connectivity index (χ0v) is 30.7. The van der Waals surface area contributed by atoms with Gasteiger partial charge in [0, 0.05) is 35.1 Å². The summed E-state index contributed by atoms with van der Waals surface area (Å²) in [5.41, 5.74) is 7.69. The van der Waals surface area contributed by atoms with Gasteiger partial charge in [0.15, 0.2) is 0 Å². The molecule has 0 aliphatic carbocycles. The summed E-state index contributed by atoms with van der Waals surface area (Å²) in [6, 6.07) is 37.2. The van der Waals surface area contributed by atoms with Crippen molar-refractivity contribution in [1.29, 1.82) is 0 Å². The van der Waals surface area contributed by atoms with Crippen molar-refractivity contribution < 1.29 is 19.1 Å². The first kappa shape index (κ1) is 33.2. The first-order chi connectivity index (χ1) is 24.8. The molecule has 2 atom stereocenters. The van der Waals surface area contributed by atoms with Crippen molar-refractivity contribution in [3.63, 3.8) is 0 Å². The van der Waals surface area contributed by atoms with Gasteiger partial charge in [-0.05, 0) is 105 Å². The van der Waals surface area contributed by atoms with Gasteiger partial charge in [0.1, 0.15) is 17.9 Å². The number of ether oxygens (including phenoxy) is 1. The smallest absolute Gasteiger partial charge is 0.335 e. The Morgan fingerprint density at radius 1 is 0.745 bits per heavy atom. The summed E-state index contributed by atoms with van der Waals surface area (Å²) in [4.78, 5) is 44.6. The molecule has 51 heavy (non-hydrogen) atoms. The molecule has 3 aliphatic heterocycles. The number of barbiturate groups is 1. The molecule has 0 bridgehead atoms. The van der Waals surface area contributed by atoms with Crippen LogP contribution in [-0.4, -0.2) is 30.9 Å². The molecule has 0 unspecified atom stereocenters. The van der Waals surface area contributed by atoms with Gasteiger partial charge >= 0.3 is 6.03 Å². The molecule has 0 spiro atoms. The van der Waals surface area contributed by atoms with E-state index >= 15 is 0 Å². The number of rotatable bonds is 7. The van der Waals surface area contributed by atoms with Crippen LogP contribution in [-0.2, 0) is 16.2 Å². The fourth-order valence-corrected chi connectivity index (χ4v) is 8.27. The number of halogens is 2. The normalized spacial score (nSPS) is 19.2. The fourth-order valence-electron chi connectivity index (χ4n) is 7.49. The second-order valence-corrected chi connectivity index (χ2v) is 14.8. The van der Waals surface area contributed by atoms with Crippen LogP contribution in [0.4, 0.5) is 16.2 Å². The molecule has 7 nitrogen and oxygen atoms in total. The van der Waals surface area contributed by atoms with Crippen molar-refractivity contribution in [1.82, 2.24) is 5.32 Å².